The van der Waals surface area contributed by atoms with Gasteiger partial charge in [-0.15, -0.1) is 0 Å². The van der Waals surface area contributed by atoms with Gasteiger partial charge in [0.05, 0.1) is 13.2 Å². The Morgan fingerprint density at radius 3 is 2.68 bits per heavy atom. The van der Waals surface area contributed by atoms with Gasteiger partial charge in [0.2, 0.25) is 0 Å². The highest BCUT2D eigenvalue weighted by Crippen LogP contribution is 2.31. The molecule has 3 fully saturated rings. The molecule has 0 bridgehead atoms. The molecule has 3 aliphatic heterocycles. The fourth-order valence-electron chi connectivity index (χ4n) is 4.03. The van der Waals surface area contributed by atoms with Crippen molar-refractivity contribution in [2.45, 2.75) is 38.4 Å². The first-order valence-electron chi connectivity index (χ1n) is 9.29. The summed E-state index contributed by atoms with van der Waals surface area (Å²) in [4.78, 5) is 25.6. The molecule has 0 N–H and O–H groups in total. The number of carbonyl (C=O) groups is 1. The van der Waals surface area contributed by atoms with Crippen molar-refractivity contribution < 1.29 is 14.3 Å². The normalized spacial score (nSPS) is 26.2. The van der Waals surface area contributed by atoms with Crippen molar-refractivity contribution in [2.24, 2.45) is 5.92 Å². The number of likely N-dealkylation sites (tertiary alicyclic amines) is 1. The third kappa shape index (κ3) is 3.48. The lowest BCUT2D eigenvalue weighted by atomic mass is 10.0. The molecule has 4 heterocycles. The maximum atomic E-state index is 12.8. The van der Waals surface area contributed by atoms with Crippen LogP contribution in [0.4, 0.5) is 5.82 Å². The molecule has 25 heavy (non-hydrogen) atoms. The van der Waals surface area contributed by atoms with E-state index >= 15 is 0 Å². The summed E-state index contributed by atoms with van der Waals surface area (Å²) >= 11 is 0. The van der Waals surface area contributed by atoms with Gasteiger partial charge in [-0.1, -0.05) is 6.92 Å². The fraction of sp³-hybridized carbons (Fsp3) is 0.722. The Morgan fingerprint density at radius 2 is 1.96 bits per heavy atom. The number of amides is 1. The standard InChI is InChI=1S/C18H26N4O3/c1-14-3-2-6-22(12-14)16-11-15(19-13-20-16)17(23)21-7-4-18(5-8-21)24-9-10-25-18/h11,13-14H,2-10,12H2,1H3. The minimum Gasteiger partial charge on any atom is -0.356 e. The zero-order valence-electron chi connectivity index (χ0n) is 14.8. The van der Waals surface area contributed by atoms with E-state index in [1.54, 1.807) is 0 Å². The van der Waals surface area contributed by atoms with Gasteiger partial charge in [-0.2, -0.15) is 0 Å². The van der Waals surface area contributed by atoms with Crippen molar-refractivity contribution in [2.75, 3.05) is 44.3 Å². The van der Waals surface area contributed by atoms with Crippen LogP contribution >= 0.6 is 0 Å². The molecule has 4 rings (SSSR count). The molecule has 1 amide bonds. The van der Waals surface area contributed by atoms with Crippen LogP contribution in [0, 0.1) is 5.92 Å². The van der Waals surface area contributed by atoms with Crippen molar-refractivity contribution in [1.29, 1.82) is 0 Å². The summed E-state index contributed by atoms with van der Waals surface area (Å²) in [7, 11) is 0. The molecule has 1 atom stereocenters. The number of hydrogen-bond donors (Lipinski definition) is 0. The lowest BCUT2D eigenvalue weighted by molar-refractivity contribution is -0.181. The van der Waals surface area contributed by atoms with E-state index in [2.05, 4.69) is 21.8 Å². The molecule has 0 aliphatic carbocycles. The van der Waals surface area contributed by atoms with E-state index in [-0.39, 0.29) is 5.91 Å². The molecule has 1 spiro atoms. The average molecular weight is 346 g/mol. The third-order valence-electron chi connectivity index (χ3n) is 5.48. The highest BCUT2D eigenvalue weighted by molar-refractivity contribution is 5.93. The second kappa shape index (κ2) is 6.88. The van der Waals surface area contributed by atoms with Crippen molar-refractivity contribution in [1.82, 2.24) is 14.9 Å². The Bertz CT molecular complexity index is 623. The quantitative estimate of drug-likeness (QED) is 0.812. The van der Waals surface area contributed by atoms with E-state index in [9.17, 15) is 4.79 Å². The Kier molecular flexibility index (Phi) is 4.60. The molecule has 1 aromatic rings. The number of ether oxygens (including phenoxy) is 2. The van der Waals surface area contributed by atoms with E-state index in [0.717, 1.165) is 31.7 Å². The molecule has 3 aliphatic rings. The lowest BCUT2D eigenvalue weighted by Crippen LogP contribution is -2.47. The zero-order chi connectivity index (χ0) is 17.3. The number of rotatable bonds is 2. The Labute approximate surface area is 148 Å². The number of hydrogen-bond acceptors (Lipinski definition) is 6. The first-order chi connectivity index (χ1) is 12.2. The molecule has 0 saturated carbocycles. The number of carbonyl (C=O) groups excluding carboxylic acids is 1. The number of aromatic nitrogens is 2. The van der Waals surface area contributed by atoms with Gasteiger partial charge in [0.15, 0.2) is 5.79 Å². The van der Waals surface area contributed by atoms with Crippen LogP contribution in [-0.2, 0) is 9.47 Å². The van der Waals surface area contributed by atoms with Gasteiger partial charge >= 0.3 is 0 Å². The van der Waals surface area contributed by atoms with Crippen molar-refractivity contribution in [3.05, 3.63) is 18.1 Å². The summed E-state index contributed by atoms with van der Waals surface area (Å²) in [5.41, 5.74) is 0.479. The van der Waals surface area contributed by atoms with E-state index in [0.29, 0.717) is 37.9 Å². The van der Waals surface area contributed by atoms with Crippen molar-refractivity contribution in [3.63, 3.8) is 0 Å². The number of anilines is 1. The Balaban J connectivity index is 1.43. The highest BCUT2D eigenvalue weighted by atomic mass is 16.7. The van der Waals surface area contributed by atoms with E-state index < -0.39 is 5.79 Å². The van der Waals surface area contributed by atoms with Gasteiger partial charge in [-0.25, -0.2) is 9.97 Å². The molecule has 7 heteroatoms. The van der Waals surface area contributed by atoms with Gasteiger partial charge in [0, 0.05) is 45.1 Å². The summed E-state index contributed by atoms with van der Waals surface area (Å²) in [5.74, 6) is 1.03. The van der Waals surface area contributed by atoms with Gasteiger partial charge in [-0.3, -0.25) is 4.79 Å². The molecule has 3 saturated heterocycles. The number of piperidine rings is 2. The lowest BCUT2D eigenvalue weighted by Gasteiger charge is -2.37. The summed E-state index contributed by atoms with van der Waals surface area (Å²) in [6.07, 6.45) is 5.38. The van der Waals surface area contributed by atoms with Crippen LogP contribution in [0.3, 0.4) is 0 Å². The first-order valence-corrected chi connectivity index (χ1v) is 9.29. The van der Waals surface area contributed by atoms with Crippen LogP contribution < -0.4 is 4.90 Å². The molecule has 0 radical (unpaired) electrons. The van der Waals surface area contributed by atoms with Gasteiger partial charge in [0.1, 0.15) is 17.8 Å². The molecule has 136 valence electrons. The summed E-state index contributed by atoms with van der Waals surface area (Å²) < 4.78 is 11.5. The third-order valence-corrected chi connectivity index (χ3v) is 5.48. The summed E-state index contributed by atoms with van der Waals surface area (Å²) in [6, 6.07) is 1.84. The van der Waals surface area contributed by atoms with Crippen LogP contribution in [0.5, 0.6) is 0 Å². The fourth-order valence-corrected chi connectivity index (χ4v) is 4.03. The second-order valence-corrected chi connectivity index (χ2v) is 7.35. The van der Waals surface area contributed by atoms with E-state index in [1.165, 1.54) is 19.2 Å². The Morgan fingerprint density at radius 1 is 1.20 bits per heavy atom. The number of nitrogens with zero attached hydrogens (tertiary/aromatic N) is 4. The summed E-state index contributed by atoms with van der Waals surface area (Å²) in [6.45, 7) is 6.82. The van der Waals surface area contributed by atoms with Gasteiger partial charge in [0.25, 0.3) is 5.91 Å². The van der Waals surface area contributed by atoms with Crippen LogP contribution in [0.15, 0.2) is 12.4 Å². The predicted molar refractivity (Wildman–Crippen MR) is 92.4 cm³/mol. The van der Waals surface area contributed by atoms with Crippen LogP contribution in [0.25, 0.3) is 0 Å². The van der Waals surface area contributed by atoms with Crippen LogP contribution in [-0.4, -0.2) is 66.0 Å². The van der Waals surface area contributed by atoms with Crippen molar-refractivity contribution in [3.8, 4) is 0 Å². The molecule has 1 aromatic heterocycles. The minimum absolute atomic E-state index is 0.0263. The molecule has 1 unspecified atom stereocenters. The predicted octanol–water partition coefficient (Wildman–Crippen LogP) is 1.69. The maximum absolute atomic E-state index is 12.8. The summed E-state index contributed by atoms with van der Waals surface area (Å²) in [5, 5.41) is 0. The maximum Gasteiger partial charge on any atom is 0.272 e. The van der Waals surface area contributed by atoms with E-state index in [1.807, 2.05) is 11.0 Å². The van der Waals surface area contributed by atoms with Gasteiger partial charge in [-0.05, 0) is 18.8 Å². The van der Waals surface area contributed by atoms with E-state index in [4.69, 9.17) is 9.47 Å². The largest absolute Gasteiger partial charge is 0.356 e. The Hall–Kier alpha value is -1.73. The average Bonchev–Trinajstić information content (AvgIpc) is 3.10. The van der Waals surface area contributed by atoms with Gasteiger partial charge < -0.3 is 19.3 Å². The zero-order valence-corrected chi connectivity index (χ0v) is 14.8. The first kappa shape index (κ1) is 16.7. The molecule has 7 nitrogen and oxygen atoms in total. The minimum atomic E-state index is -0.461. The molecule has 0 aromatic carbocycles. The SMILES string of the molecule is CC1CCCN(c2cc(C(=O)N3CCC4(CC3)OCCO4)ncn2)C1. The van der Waals surface area contributed by atoms with Crippen LogP contribution in [0.1, 0.15) is 43.1 Å². The monoisotopic (exact) mass is 346 g/mol. The smallest absolute Gasteiger partial charge is 0.272 e. The highest BCUT2D eigenvalue weighted by Gasteiger charge is 2.41. The van der Waals surface area contributed by atoms with Crippen LogP contribution in [0.2, 0.25) is 0 Å². The molecular weight excluding hydrogens is 320 g/mol. The van der Waals surface area contributed by atoms with Crippen molar-refractivity contribution >= 4 is 11.7 Å². The second-order valence-electron chi connectivity index (χ2n) is 7.35. The topological polar surface area (TPSA) is 67.8 Å². The molecular formula is C18H26N4O3.